The molecule has 0 atom stereocenters. The molecule has 28 heavy (non-hydrogen) atoms. The number of aromatic nitrogens is 5. The molecule has 0 saturated carbocycles. The first-order chi connectivity index (χ1) is 13.5. The Morgan fingerprint density at radius 2 is 2.00 bits per heavy atom. The number of rotatable bonds is 5. The second-order valence-electron chi connectivity index (χ2n) is 6.74. The summed E-state index contributed by atoms with van der Waals surface area (Å²) in [6.45, 7) is 2.89. The van der Waals surface area contributed by atoms with E-state index in [2.05, 4.69) is 20.3 Å². The van der Waals surface area contributed by atoms with Crippen molar-refractivity contribution in [1.82, 2.24) is 29.9 Å². The summed E-state index contributed by atoms with van der Waals surface area (Å²) in [6, 6.07) is 13.4. The Labute approximate surface area is 167 Å². The molecule has 4 aromatic rings. The number of hydrogen-bond donors (Lipinski definition) is 1. The molecular formula is C20H19ClN6O. The number of halogens is 1. The number of benzene rings is 2. The Balaban J connectivity index is 1.45. The molecule has 0 aliphatic carbocycles. The van der Waals surface area contributed by atoms with Gasteiger partial charge in [0.1, 0.15) is 5.82 Å². The number of carbonyl (C=O) groups excluding carboxylic acids is 1. The molecule has 0 saturated heterocycles. The van der Waals surface area contributed by atoms with Crippen LogP contribution in [0.3, 0.4) is 0 Å². The molecule has 0 radical (unpaired) electrons. The predicted molar refractivity (Wildman–Crippen MR) is 107 cm³/mol. The van der Waals surface area contributed by atoms with E-state index in [-0.39, 0.29) is 5.91 Å². The first-order valence-electron chi connectivity index (χ1n) is 8.84. The molecule has 7 nitrogen and oxygen atoms in total. The summed E-state index contributed by atoms with van der Waals surface area (Å²) in [5, 5.41) is 8.75. The van der Waals surface area contributed by atoms with Crippen molar-refractivity contribution in [3.05, 3.63) is 76.3 Å². The second-order valence-corrected chi connectivity index (χ2v) is 7.18. The summed E-state index contributed by atoms with van der Waals surface area (Å²) < 4.78 is 1.63. The number of H-pyrrole nitrogens is 1. The molecule has 0 bridgehead atoms. The van der Waals surface area contributed by atoms with Crippen LogP contribution in [0.4, 0.5) is 0 Å². The van der Waals surface area contributed by atoms with E-state index in [4.69, 9.17) is 11.6 Å². The van der Waals surface area contributed by atoms with Gasteiger partial charge in [-0.2, -0.15) is 0 Å². The highest BCUT2D eigenvalue weighted by Crippen LogP contribution is 2.16. The van der Waals surface area contributed by atoms with Gasteiger partial charge in [-0.1, -0.05) is 41.1 Å². The van der Waals surface area contributed by atoms with Gasteiger partial charge in [-0.15, -0.1) is 5.10 Å². The van der Waals surface area contributed by atoms with Crippen molar-refractivity contribution in [3.63, 3.8) is 0 Å². The van der Waals surface area contributed by atoms with Gasteiger partial charge < -0.3 is 9.88 Å². The lowest BCUT2D eigenvalue weighted by molar-refractivity contribution is 0.0776. The van der Waals surface area contributed by atoms with Gasteiger partial charge in [0.25, 0.3) is 5.91 Å². The molecule has 2 heterocycles. The van der Waals surface area contributed by atoms with Crippen LogP contribution in [-0.2, 0) is 13.1 Å². The Morgan fingerprint density at radius 1 is 1.21 bits per heavy atom. The van der Waals surface area contributed by atoms with Crippen molar-refractivity contribution in [2.75, 3.05) is 7.05 Å². The van der Waals surface area contributed by atoms with Gasteiger partial charge in [0.05, 0.1) is 30.3 Å². The largest absolute Gasteiger partial charge is 0.340 e. The third-order valence-electron chi connectivity index (χ3n) is 4.51. The number of nitrogens with zero attached hydrogens (tertiary/aromatic N) is 5. The number of fused-ring (bicyclic) bond motifs is 1. The number of hydrogen-bond acceptors (Lipinski definition) is 4. The van der Waals surface area contributed by atoms with E-state index >= 15 is 0 Å². The molecule has 4 rings (SSSR count). The zero-order valence-corrected chi connectivity index (χ0v) is 16.3. The van der Waals surface area contributed by atoms with Crippen LogP contribution in [0.25, 0.3) is 11.0 Å². The Bertz CT molecular complexity index is 1130. The average molecular weight is 395 g/mol. The Kier molecular flexibility index (Phi) is 4.83. The van der Waals surface area contributed by atoms with Gasteiger partial charge in [-0.05, 0) is 36.2 Å². The van der Waals surface area contributed by atoms with Crippen LogP contribution in [-0.4, -0.2) is 42.8 Å². The van der Waals surface area contributed by atoms with E-state index in [1.54, 1.807) is 22.8 Å². The fourth-order valence-electron chi connectivity index (χ4n) is 3.04. The highest BCUT2D eigenvalue weighted by Gasteiger charge is 2.17. The van der Waals surface area contributed by atoms with E-state index in [0.717, 1.165) is 28.0 Å². The van der Waals surface area contributed by atoms with Crippen molar-refractivity contribution in [2.45, 2.75) is 20.0 Å². The molecule has 0 spiro atoms. The molecule has 142 valence electrons. The summed E-state index contributed by atoms with van der Waals surface area (Å²) in [4.78, 5) is 22.1. The van der Waals surface area contributed by atoms with Crippen molar-refractivity contribution in [3.8, 4) is 0 Å². The maximum absolute atomic E-state index is 12.7. The average Bonchev–Trinajstić information content (AvgIpc) is 3.30. The quantitative estimate of drug-likeness (QED) is 0.562. The summed E-state index contributed by atoms with van der Waals surface area (Å²) in [5.41, 5.74) is 4.30. The van der Waals surface area contributed by atoms with E-state index < -0.39 is 0 Å². The number of aryl methyl sites for hydroxylation is 1. The Hall–Kier alpha value is -3.19. The summed E-state index contributed by atoms with van der Waals surface area (Å²) >= 11 is 5.90. The molecule has 0 aliphatic rings. The van der Waals surface area contributed by atoms with Gasteiger partial charge in [0.15, 0.2) is 5.69 Å². The minimum atomic E-state index is -0.209. The number of imidazole rings is 1. The van der Waals surface area contributed by atoms with E-state index in [0.29, 0.717) is 23.8 Å². The van der Waals surface area contributed by atoms with Crippen LogP contribution in [0.1, 0.15) is 27.4 Å². The van der Waals surface area contributed by atoms with Gasteiger partial charge >= 0.3 is 0 Å². The normalized spacial score (nSPS) is 11.1. The lowest BCUT2D eigenvalue weighted by Crippen LogP contribution is -2.27. The lowest BCUT2D eigenvalue weighted by atomic mass is 10.2. The topological polar surface area (TPSA) is 79.7 Å². The minimum Gasteiger partial charge on any atom is -0.340 e. The zero-order valence-electron chi connectivity index (χ0n) is 15.6. The number of nitrogens with one attached hydrogen (secondary N) is 1. The summed E-state index contributed by atoms with van der Waals surface area (Å²) in [7, 11) is 1.72. The molecule has 0 unspecified atom stereocenters. The van der Waals surface area contributed by atoms with Gasteiger partial charge in [-0.3, -0.25) is 4.79 Å². The van der Waals surface area contributed by atoms with Gasteiger partial charge in [0.2, 0.25) is 0 Å². The second kappa shape index (κ2) is 7.44. The predicted octanol–water partition coefficient (Wildman–Crippen LogP) is 3.44. The molecule has 0 aliphatic heterocycles. The highest BCUT2D eigenvalue weighted by molar-refractivity contribution is 6.30. The summed E-state index contributed by atoms with van der Waals surface area (Å²) in [5.74, 6) is 0.522. The molecule has 0 fully saturated rings. The maximum atomic E-state index is 12.7. The van der Waals surface area contributed by atoms with Crippen LogP contribution >= 0.6 is 11.6 Å². The van der Waals surface area contributed by atoms with Crippen molar-refractivity contribution in [2.24, 2.45) is 0 Å². The molecule has 1 amide bonds. The number of para-hydroxylation sites is 1. The molecule has 2 aromatic carbocycles. The van der Waals surface area contributed by atoms with Crippen LogP contribution in [0.15, 0.2) is 48.7 Å². The fourth-order valence-corrected chi connectivity index (χ4v) is 3.17. The van der Waals surface area contributed by atoms with Crippen molar-refractivity contribution >= 4 is 28.5 Å². The van der Waals surface area contributed by atoms with Crippen LogP contribution in [0.5, 0.6) is 0 Å². The SMILES string of the molecule is Cc1cccc2[nH]c(CN(C)C(=O)c3cn(Cc4ccc(Cl)cc4)nn3)nc12. The van der Waals surface area contributed by atoms with Crippen molar-refractivity contribution in [1.29, 1.82) is 0 Å². The number of aromatic amines is 1. The Morgan fingerprint density at radius 3 is 2.75 bits per heavy atom. The van der Waals surface area contributed by atoms with E-state index in [1.165, 1.54) is 0 Å². The monoisotopic (exact) mass is 394 g/mol. The highest BCUT2D eigenvalue weighted by atomic mass is 35.5. The fraction of sp³-hybridized carbons (Fsp3) is 0.200. The maximum Gasteiger partial charge on any atom is 0.276 e. The van der Waals surface area contributed by atoms with Crippen LogP contribution in [0, 0.1) is 6.92 Å². The number of carbonyl (C=O) groups is 1. The molecule has 1 N–H and O–H groups in total. The van der Waals surface area contributed by atoms with Crippen molar-refractivity contribution < 1.29 is 4.79 Å². The van der Waals surface area contributed by atoms with Crippen LogP contribution in [0.2, 0.25) is 5.02 Å². The third-order valence-corrected chi connectivity index (χ3v) is 4.76. The summed E-state index contributed by atoms with van der Waals surface area (Å²) in [6.07, 6.45) is 1.65. The molecule has 8 heteroatoms. The zero-order chi connectivity index (χ0) is 19.7. The van der Waals surface area contributed by atoms with Crippen LogP contribution < -0.4 is 0 Å². The molecule has 2 aromatic heterocycles. The van der Waals surface area contributed by atoms with Gasteiger partial charge in [-0.25, -0.2) is 9.67 Å². The third kappa shape index (κ3) is 3.75. The van der Waals surface area contributed by atoms with E-state index in [9.17, 15) is 4.79 Å². The minimum absolute atomic E-state index is 0.209. The van der Waals surface area contributed by atoms with Gasteiger partial charge in [0, 0.05) is 12.1 Å². The lowest BCUT2D eigenvalue weighted by Gasteiger charge is -2.13. The number of amides is 1. The standard InChI is InChI=1S/C20H19ClN6O/c1-13-4-3-5-16-19(13)23-18(22-16)12-26(2)20(28)17-11-27(25-24-17)10-14-6-8-15(21)9-7-14/h3-9,11H,10,12H2,1-2H3,(H,22,23). The first-order valence-corrected chi connectivity index (χ1v) is 9.21. The smallest absolute Gasteiger partial charge is 0.276 e. The van der Waals surface area contributed by atoms with E-state index in [1.807, 2.05) is 49.4 Å². The molecular weight excluding hydrogens is 376 g/mol. The first kappa shape index (κ1) is 18.2.